The van der Waals surface area contributed by atoms with Crippen LogP contribution in [0.1, 0.15) is 33.4 Å². The van der Waals surface area contributed by atoms with E-state index in [9.17, 15) is 14.3 Å². The highest BCUT2D eigenvalue weighted by molar-refractivity contribution is 7.19. The number of aliphatic hydroxyl groups excluding tert-OH is 1. The molecule has 0 bridgehead atoms. The van der Waals surface area contributed by atoms with Crippen LogP contribution in [0.5, 0.6) is 0 Å². The number of aryl methyl sites for hydroxylation is 1. The van der Waals surface area contributed by atoms with E-state index < -0.39 is 11.7 Å². The Morgan fingerprint density at radius 3 is 2.76 bits per heavy atom. The van der Waals surface area contributed by atoms with Crippen LogP contribution in [0.4, 0.5) is 15.2 Å². The molecule has 0 atom stereocenters. The Morgan fingerprint density at radius 1 is 1.26 bits per heavy atom. The van der Waals surface area contributed by atoms with Gasteiger partial charge in [-0.2, -0.15) is 0 Å². The highest BCUT2D eigenvalue weighted by Crippen LogP contribution is 2.38. The number of nitrogens with one attached hydrogen (secondary N) is 1. The predicted octanol–water partition coefficient (Wildman–Crippen LogP) is 4.73. The van der Waals surface area contributed by atoms with Gasteiger partial charge in [-0.25, -0.2) is 9.37 Å². The van der Waals surface area contributed by atoms with E-state index in [-0.39, 0.29) is 35.7 Å². The van der Waals surface area contributed by atoms with Crippen molar-refractivity contribution in [1.82, 2.24) is 15.2 Å². The highest BCUT2D eigenvalue weighted by Gasteiger charge is 2.18. The maximum Gasteiger partial charge on any atom is 0.251 e. The zero-order valence-corrected chi connectivity index (χ0v) is 18.9. The number of nitrogens with zero attached hydrogens (tertiary/aromatic N) is 3. The maximum absolute atomic E-state index is 14.6. The van der Waals surface area contributed by atoms with E-state index >= 15 is 0 Å². The van der Waals surface area contributed by atoms with Crippen LogP contribution < -0.4 is 11.1 Å². The van der Waals surface area contributed by atoms with E-state index in [0.29, 0.717) is 33.2 Å². The molecule has 1 amide bonds. The Morgan fingerprint density at radius 2 is 2.09 bits per heavy atom. The van der Waals surface area contributed by atoms with Gasteiger partial charge < -0.3 is 25.3 Å². The summed E-state index contributed by atoms with van der Waals surface area (Å²) in [7, 11) is 0. The van der Waals surface area contributed by atoms with Crippen molar-refractivity contribution in [1.29, 1.82) is 0 Å². The van der Waals surface area contributed by atoms with Crippen LogP contribution in [0.3, 0.4) is 0 Å². The lowest BCUT2D eigenvalue weighted by Gasteiger charge is -2.07. The minimum Gasteiger partial charge on any atom is -0.508 e. The summed E-state index contributed by atoms with van der Waals surface area (Å²) in [6.07, 6.45) is 0. The minimum absolute atomic E-state index is 0.147. The van der Waals surface area contributed by atoms with Crippen molar-refractivity contribution in [3.63, 3.8) is 0 Å². The lowest BCUT2D eigenvalue weighted by atomic mass is 10.1. The third kappa shape index (κ3) is 5.27. The molecule has 4 rings (SSSR count). The number of carbonyl (C=O) groups excluding carboxylic acids is 1. The fourth-order valence-electron chi connectivity index (χ4n) is 3.08. The second-order valence-electron chi connectivity index (χ2n) is 7.21. The molecule has 3 heterocycles. The van der Waals surface area contributed by atoms with Crippen LogP contribution in [0.15, 0.2) is 53.5 Å². The summed E-state index contributed by atoms with van der Waals surface area (Å²) >= 11 is 1.15. The number of aromatic nitrogens is 3. The molecule has 0 aliphatic heterocycles. The number of amides is 1. The van der Waals surface area contributed by atoms with Crippen molar-refractivity contribution in [3.8, 4) is 10.4 Å². The van der Waals surface area contributed by atoms with E-state index in [0.717, 1.165) is 11.3 Å². The molecule has 0 radical (unpaired) electrons. The fourth-order valence-corrected chi connectivity index (χ4v) is 4.18. The van der Waals surface area contributed by atoms with E-state index in [1.165, 1.54) is 24.3 Å². The van der Waals surface area contributed by atoms with Crippen molar-refractivity contribution in [2.24, 2.45) is 5.73 Å². The maximum atomic E-state index is 14.6. The number of nitrogens with two attached hydrogens (primary N) is 1. The third-order valence-corrected chi connectivity index (χ3v) is 5.74. The van der Waals surface area contributed by atoms with Crippen LogP contribution in [-0.2, 0) is 18.0 Å². The van der Waals surface area contributed by atoms with Crippen molar-refractivity contribution in [2.75, 3.05) is 5.32 Å². The molecule has 0 aliphatic carbocycles. The summed E-state index contributed by atoms with van der Waals surface area (Å²) in [5, 5.41) is 20.6. The van der Waals surface area contributed by atoms with Gasteiger partial charge in [0.15, 0.2) is 0 Å². The van der Waals surface area contributed by atoms with Gasteiger partial charge >= 0.3 is 0 Å². The van der Waals surface area contributed by atoms with Gasteiger partial charge in [0.1, 0.15) is 29.0 Å². The number of hydrogen-bond donors (Lipinski definition) is 3. The first kappa shape index (κ1) is 23.1. The van der Waals surface area contributed by atoms with E-state index in [2.05, 4.69) is 27.1 Å². The Kier molecular flexibility index (Phi) is 6.66. The fraction of sp³-hybridized carbons (Fsp3) is 0.130. The zero-order valence-electron chi connectivity index (χ0n) is 18.0. The summed E-state index contributed by atoms with van der Waals surface area (Å²) in [5.74, 6) is -0.187. The lowest BCUT2D eigenvalue weighted by molar-refractivity contribution is 0.0867. The SMILES string of the molecule is C=C(O)c1ccc(-c2cc(C(N)=O)c(Nc3cccc(COCc4nnc(C)o4)n3)s2)c(F)c1. The molecule has 174 valence electrons. The minimum atomic E-state index is -0.667. The summed E-state index contributed by atoms with van der Waals surface area (Å²) in [6.45, 7) is 5.43. The van der Waals surface area contributed by atoms with Crippen LogP contribution in [0.2, 0.25) is 0 Å². The number of benzene rings is 1. The summed E-state index contributed by atoms with van der Waals surface area (Å²) in [5.41, 5.74) is 6.90. The highest BCUT2D eigenvalue weighted by atomic mass is 32.1. The second-order valence-corrected chi connectivity index (χ2v) is 8.26. The van der Waals surface area contributed by atoms with Crippen molar-refractivity contribution in [2.45, 2.75) is 20.1 Å². The molecule has 0 fully saturated rings. The summed E-state index contributed by atoms with van der Waals surface area (Å²) < 4.78 is 25.5. The number of rotatable bonds is 9. The standard InChI is InChI=1S/C23H20FN5O4S/c1-12(30)14-6-7-16(18(24)8-14)19-9-17(22(25)31)23(34-19)27-20-5-3-4-15(26-20)10-32-11-21-29-28-13(2)33-21/h3-9,30H,1,10-11H2,2H3,(H2,25,31)(H,26,27). The third-order valence-electron chi connectivity index (χ3n) is 4.66. The van der Waals surface area contributed by atoms with Gasteiger partial charge in [0.2, 0.25) is 11.8 Å². The lowest BCUT2D eigenvalue weighted by Crippen LogP contribution is -2.11. The van der Waals surface area contributed by atoms with Gasteiger partial charge in [0, 0.05) is 22.9 Å². The number of hydrogen-bond acceptors (Lipinski definition) is 9. The normalized spacial score (nSPS) is 10.9. The van der Waals surface area contributed by atoms with Crippen molar-refractivity contribution in [3.05, 3.63) is 83.5 Å². The van der Waals surface area contributed by atoms with Crippen molar-refractivity contribution < 1.29 is 23.4 Å². The first-order valence-corrected chi connectivity index (χ1v) is 10.8. The molecule has 34 heavy (non-hydrogen) atoms. The first-order valence-electron chi connectivity index (χ1n) is 10.0. The Balaban J connectivity index is 1.52. The smallest absolute Gasteiger partial charge is 0.251 e. The van der Waals surface area contributed by atoms with Crippen LogP contribution in [0, 0.1) is 12.7 Å². The average molecular weight is 482 g/mol. The number of anilines is 2. The molecule has 0 unspecified atom stereocenters. The largest absolute Gasteiger partial charge is 0.508 e. The van der Waals surface area contributed by atoms with Crippen LogP contribution in [0.25, 0.3) is 16.2 Å². The molecule has 3 aromatic heterocycles. The molecule has 0 saturated heterocycles. The van der Waals surface area contributed by atoms with E-state index in [1.807, 2.05) is 0 Å². The molecule has 0 spiro atoms. The second kappa shape index (κ2) is 9.81. The van der Waals surface area contributed by atoms with E-state index in [1.54, 1.807) is 25.1 Å². The predicted molar refractivity (Wildman–Crippen MR) is 125 cm³/mol. The van der Waals surface area contributed by atoms with Gasteiger partial charge in [-0.15, -0.1) is 21.5 Å². The zero-order chi connectivity index (χ0) is 24.2. The molecule has 9 nitrogen and oxygen atoms in total. The number of carbonyl (C=O) groups is 1. The monoisotopic (exact) mass is 481 g/mol. The number of primary amides is 1. The van der Waals surface area contributed by atoms with Crippen LogP contribution in [-0.4, -0.2) is 26.2 Å². The number of ether oxygens (including phenoxy) is 1. The average Bonchev–Trinajstić information content (AvgIpc) is 3.40. The molecule has 0 saturated carbocycles. The number of halogens is 1. The van der Waals surface area contributed by atoms with Crippen molar-refractivity contribution >= 4 is 33.8 Å². The molecule has 0 aliphatic rings. The van der Waals surface area contributed by atoms with E-state index in [4.69, 9.17) is 14.9 Å². The number of aliphatic hydroxyl groups is 1. The topological polar surface area (TPSA) is 136 Å². The number of pyridine rings is 1. The van der Waals surface area contributed by atoms with Gasteiger partial charge in [0.05, 0.1) is 17.9 Å². The molecule has 1 aromatic carbocycles. The van der Waals surface area contributed by atoms with Gasteiger partial charge in [-0.1, -0.05) is 18.7 Å². The molecule has 4 N–H and O–H groups in total. The molecule has 11 heteroatoms. The summed E-state index contributed by atoms with van der Waals surface area (Å²) in [6, 6.07) is 11.0. The van der Waals surface area contributed by atoms with Gasteiger partial charge in [0.25, 0.3) is 5.91 Å². The Bertz CT molecular complexity index is 1370. The first-order chi connectivity index (χ1) is 16.3. The van der Waals surface area contributed by atoms with Crippen LogP contribution >= 0.6 is 11.3 Å². The number of thiophene rings is 1. The quantitative estimate of drug-likeness (QED) is 0.292. The molecule has 4 aromatic rings. The Labute approximate surface area is 197 Å². The Hall–Kier alpha value is -4.09. The van der Waals surface area contributed by atoms with Gasteiger partial charge in [-0.3, -0.25) is 4.79 Å². The molecular formula is C23H20FN5O4S. The summed E-state index contributed by atoms with van der Waals surface area (Å²) in [4.78, 5) is 17.0. The van der Waals surface area contributed by atoms with Gasteiger partial charge in [-0.05, 0) is 30.3 Å². The molecular weight excluding hydrogens is 461 g/mol.